The molecule has 1 saturated heterocycles. The number of aliphatic carboxylic acids is 1. The van der Waals surface area contributed by atoms with Crippen molar-refractivity contribution < 1.29 is 15.0 Å². The first-order chi connectivity index (χ1) is 5.64. The number of hydrogen-bond donors (Lipinski definition) is 3. The molecular weight excluding hydrogens is 158 g/mol. The fourth-order valence-electron chi connectivity index (χ4n) is 2.02. The van der Waals surface area contributed by atoms with Crippen molar-refractivity contribution in [2.75, 3.05) is 6.54 Å². The maximum absolute atomic E-state index is 10.8. The highest BCUT2D eigenvalue weighted by Crippen LogP contribution is 2.46. The summed E-state index contributed by atoms with van der Waals surface area (Å²) in [6.07, 6.45) is 1.80. The van der Waals surface area contributed by atoms with E-state index in [1.807, 2.05) is 0 Å². The Labute approximate surface area is 70.6 Å². The number of aliphatic hydroxyl groups excluding tert-OH is 1. The van der Waals surface area contributed by atoms with Crippen LogP contribution in [-0.2, 0) is 4.79 Å². The third kappa shape index (κ3) is 1.11. The van der Waals surface area contributed by atoms with Crippen LogP contribution in [0.5, 0.6) is 0 Å². The summed E-state index contributed by atoms with van der Waals surface area (Å²) in [6, 6.07) is 0. The third-order valence-electron chi connectivity index (χ3n) is 2.95. The van der Waals surface area contributed by atoms with Gasteiger partial charge in [-0.05, 0) is 19.3 Å². The van der Waals surface area contributed by atoms with Gasteiger partial charge in [-0.15, -0.1) is 0 Å². The van der Waals surface area contributed by atoms with Gasteiger partial charge in [-0.3, -0.25) is 4.79 Å². The molecule has 0 radical (unpaired) electrons. The lowest BCUT2D eigenvalue weighted by Gasteiger charge is -2.32. The second-order valence-corrected chi connectivity index (χ2v) is 3.82. The highest BCUT2D eigenvalue weighted by molar-refractivity contribution is 5.73. The molecule has 0 amide bonds. The SMILES string of the molecule is O=C(O)C1CC(O)CNC12CC2. The zero-order valence-corrected chi connectivity index (χ0v) is 6.79. The lowest BCUT2D eigenvalue weighted by atomic mass is 9.87. The van der Waals surface area contributed by atoms with Gasteiger partial charge in [-0.2, -0.15) is 0 Å². The largest absolute Gasteiger partial charge is 0.481 e. The summed E-state index contributed by atoms with van der Waals surface area (Å²) in [4.78, 5) is 10.8. The zero-order valence-electron chi connectivity index (χ0n) is 6.79. The van der Waals surface area contributed by atoms with Gasteiger partial charge >= 0.3 is 5.97 Å². The fourth-order valence-corrected chi connectivity index (χ4v) is 2.02. The van der Waals surface area contributed by atoms with Crippen molar-refractivity contribution in [2.24, 2.45) is 5.92 Å². The van der Waals surface area contributed by atoms with E-state index in [0.717, 1.165) is 12.8 Å². The minimum Gasteiger partial charge on any atom is -0.481 e. The van der Waals surface area contributed by atoms with Gasteiger partial charge < -0.3 is 15.5 Å². The third-order valence-corrected chi connectivity index (χ3v) is 2.95. The van der Waals surface area contributed by atoms with Crippen LogP contribution in [0.25, 0.3) is 0 Å². The molecule has 4 nitrogen and oxygen atoms in total. The van der Waals surface area contributed by atoms with Crippen molar-refractivity contribution in [1.82, 2.24) is 5.32 Å². The number of rotatable bonds is 1. The van der Waals surface area contributed by atoms with Crippen LogP contribution >= 0.6 is 0 Å². The van der Waals surface area contributed by atoms with Crippen LogP contribution in [0.4, 0.5) is 0 Å². The Kier molecular flexibility index (Phi) is 1.63. The summed E-state index contributed by atoms with van der Waals surface area (Å²) in [5, 5.41) is 21.3. The average molecular weight is 171 g/mol. The molecule has 2 atom stereocenters. The molecule has 1 aliphatic carbocycles. The number of nitrogens with one attached hydrogen (secondary N) is 1. The molecule has 1 heterocycles. The Morgan fingerprint density at radius 2 is 2.17 bits per heavy atom. The van der Waals surface area contributed by atoms with E-state index in [1.165, 1.54) is 0 Å². The Balaban J connectivity index is 2.11. The first-order valence-corrected chi connectivity index (χ1v) is 4.30. The monoisotopic (exact) mass is 171 g/mol. The molecule has 1 spiro atoms. The molecule has 68 valence electrons. The Bertz CT molecular complexity index is 212. The maximum Gasteiger partial charge on any atom is 0.308 e. The Hall–Kier alpha value is -0.610. The molecule has 12 heavy (non-hydrogen) atoms. The average Bonchev–Trinajstić information content (AvgIpc) is 2.76. The molecule has 1 saturated carbocycles. The Morgan fingerprint density at radius 3 is 2.67 bits per heavy atom. The van der Waals surface area contributed by atoms with Gasteiger partial charge in [0.15, 0.2) is 0 Å². The summed E-state index contributed by atoms with van der Waals surface area (Å²) >= 11 is 0. The van der Waals surface area contributed by atoms with Crippen LogP contribution in [0.3, 0.4) is 0 Å². The van der Waals surface area contributed by atoms with E-state index in [0.29, 0.717) is 13.0 Å². The van der Waals surface area contributed by atoms with Gasteiger partial charge in [0.25, 0.3) is 0 Å². The molecule has 1 aliphatic heterocycles. The molecular formula is C8H13NO3. The summed E-state index contributed by atoms with van der Waals surface area (Å²) in [6.45, 7) is 0.545. The van der Waals surface area contributed by atoms with Gasteiger partial charge in [0.1, 0.15) is 0 Å². The van der Waals surface area contributed by atoms with Gasteiger partial charge in [-0.25, -0.2) is 0 Å². The summed E-state index contributed by atoms with van der Waals surface area (Å²) < 4.78 is 0. The van der Waals surface area contributed by atoms with Crippen molar-refractivity contribution in [3.8, 4) is 0 Å². The zero-order chi connectivity index (χ0) is 8.77. The van der Waals surface area contributed by atoms with E-state index < -0.39 is 12.1 Å². The molecule has 0 aromatic carbocycles. The number of aliphatic hydroxyl groups is 1. The second-order valence-electron chi connectivity index (χ2n) is 3.82. The number of hydrogen-bond acceptors (Lipinski definition) is 3. The lowest BCUT2D eigenvalue weighted by molar-refractivity contribution is -0.145. The molecule has 2 rings (SSSR count). The minimum absolute atomic E-state index is 0.162. The molecule has 3 N–H and O–H groups in total. The minimum atomic E-state index is -0.779. The van der Waals surface area contributed by atoms with Gasteiger partial charge in [0.05, 0.1) is 12.0 Å². The molecule has 0 aromatic heterocycles. The van der Waals surface area contributed by atoms with Crippen molar-refractivity contribution in [3.05, 3.63) is 0 Å². The normalized spacial score (nSPS) is 38.1. The van der Waals surface area contributed by atoms with E-state index in [1.54, 1.807) is 0 Å². The highest BCUT2D eigenvalue weighted by Gasteiger charge is 2.54. The van der Waals surface area contributed by atoms with E-state index in [4.69, 9.17) is 5.11 Å². The molecule has 2 fully saturated rings. The summed E-state index contributed by atoms with van der Waals surface area (Å²) in [5.41, 5.74) is -0.162. The first kappa shape index (κ1) is 8.01. The van der Waals surface area contributed by atoms with E-state index in [9.17, 15) is 9.90 Å². The predicted molar refractivity (Wildman–Crippen MR) is 41.7 cm³/mol. The lowest BCUT2D eigenvalue weighted by Crippen LogP contribution is -2.52. The van der Waals surface area contributed by atoms with Crippen molar-refractivity contribution in [1.29, 1.82) is 0 Å². The fraction of sp³-hybridized carbons (Fsp3) is 0.875. The van der Waals surface area contributed by atoms with Gasteiger partial charge in [-0.1, -0.05) is 0 Å². The van der Waals surface area contributed by atoms with Crippen molar-refractivity contribution >= 4 is 5.97 Å². The Morgan fingerprint density at radius 1 is 1.50 bits per heavy atom. The summed E-state index contributed by atoms with van der Waals surface area (Å²) in [5.74, 6) is -1.17. The second kappa shape index (κ2) is 2.44. The molecule has 0 aromatic rings. The van der Waals surface area contributed by atoms with E-state index in [2.05, 4.69) is 5.32 Å². The summed E-state index contributed by atoms with van der Waals surface area (Å²) in [7, 11) is 0. The molecule has 4 heteroatoms. The van der Waals surface area contributed by atoms with Crippen LogP contribution in [0.2, 0.25) is 0 Å². The molecule has 2 unspecified atom stereocenters. The number of carboxylic acids is 1. The van der Waals surface area contributed by atoms with Crippen LogP contribution < -0.4 is 5.32 Å². The number of carboxylic acid groups (broad SMARTS) is 1. The van der Waals surface area contributed by atoms with E-state index in [-0.39, 0.29) is 11.5 Å². The number of carbonyl (C=O) groups is 1. The quantitative estimate of drug-likeness (QED) is 0.501. The van der Waals surface area contributed by atoms with Crippen LogP contribution in [0, 0.1) is 5.92 Å². The van der Waals surface area contributed by atoms with Crippen LogP contribution in [0.1, 0.15) is 19.3 Å². The maximum atomic E-state index is 10.8. The van der Waals surface area contributed by atoms with Crippen LogP contribution in [-0.4, -0.2) is 34.4 Å². The highest BCUT2D eigenvalue weighted by atomic mass is 16.4. The standard InChI is InChI=1S/C8H13NO3/c10-5-3-6(7(11)12)8(1-2-8)9-4-5/h5-6,9-10H,1-4H2,(H,11,12). The smallest absolute Gasteiger partial charge is 0.308 e. The van der Waals surface area contributed by atoms with Gasteiger partial charge in [0, 0.05) is 12.1 Å². The van der Waals surface area contributed by atoms with Crippen LogP contribution in [0.15, 0.2) is 0 Å². The van der Waals surface area contributed by atoms with Gasteiger partial charge in [0.2, 0.25) is 0 Å². The topological polar surface area (TPSA) is 69.6 Å². The number of β-amino-alcohol motifs (C(OH)–C–C–N with tert-alkyl or cyclic N) is 1. The van der Waals surface area contributed by atoms with Crippen molar-refractivity contribution in [3.63, 3.8) is 0 Å². The molecule has 2 aliphatic rings. The molecule has 0 bridgehead atoms. The number of piperidine rings is 1. The first-order valence-electron chi connectivity index (χ1n) is 4.30. The predicted octanol–water partition coefficient (Wildman–Crippen LogP) is -0.426. The van der Waals surface area contributed by atoms with E-state index >= 15 is 0 Å². The van der Waals surface area contributed by atoms with Crippen molar-refractivity contribution in [2.45, 2.75) is 30.9 Å².